The van der Waals surface area contributed by atoms with Crippen molar-refractivity contribution in [3.8, 4) is 17.2 Å². The molecule has 0 bridgehead atoms. The number of hydrogen-bond donors (Lipinski definition) is 6. The number of unbranched alkanes of at least 4 members (excludes halogenated alkanes) is 1. The van der Waals surface area contributed by atoms with Crippen LogP contribution in [-0.4, -0.2) is 111 Å². The molecule has 1 fully saturated rings. The molecule has 19 heteroatoms. The second-order valence-corrected chi connectivity index (χ2v) is 13.2. The number of carboxylic acid groups (broad SMARTS) is 1. The van der Waals surface area contributed by atoms with Gasteiger partial charge in [-0.3, -0.25) is 28.8 Å². The minimum absolute atomic E-state index is 0.0348. The van der Waals surface area contributed by atoms with E-state index in [0.29, 0.717) is 0 Å². The number of aliphatic carboxylic acids is 1. The molecule has 0 aromatic heterocycles. The van der Waals surface area contributed by atoms with Gasteiger partial charge in [0.15, 0.2) is 18.7 Å². The number of benzene rings is 2. The standard InChI is InChI=1S/C35H36F3NO15/c1-14-28(44)17(39-33(49)35(36,37)38)10-23(53-14)54-19-12-34(50,20(40)13-52-22(43)9-4-3-8-21(41)42)11-16-25(19)32(48)27-26(30(16)46)29(45)15-6-5-7-18(51-2)24(15)31(27)47/h5-7,14,17,19,23,28,44,46,48,50H,3-4,8-13H2,1-2H3,(H,39,49)(H,41,42)/t14-,17-,19?,23-,28+,34?/m0/s1. The molecule has 2 unspecified atom stereocenters. The van der Waals surface area contributed by atoms with Crippen LogP contribution in [0.4, 0.5) is 13.2 Å². The van der Waals surface area contributed by atoms with Crippen molar-refractivity contribution in [2.45, 2.75) is 94.3 Å². The lowest BCUT2D eigenvalue weighted by molar-refractivity contribution is -0.250. The molecule has 0 spiro atoms. The van der Waals surface area contributed by atoms with E-state index in [1.165, 1.54) is 32.2 Å². The molecule has 1 saturated heterocycles. The van der Waals surface area contributed by atoms with Crippen molar-refractivity contribution in [1.29, 1.82) is 0 Å². The molecule has 6 N–H and O–H groups in total. The molecule has 2 aromatic rings. The van der Waals surface area contributed by atoms with Crippen molar-refractivity contribution in [3.63, 3.8) is 0 Å². The molecule has 54 heavy (non-hydrogen) atoms. The highest BCUT2D eigenvalue weighted by Gasteiger charge is 2.51. The van der Waals surface area contributed by atoms with Gasteiger partial charge in [0, 0.05) is 48.8 Å². The third kappa shape index (κ3) is 7.75. The van der Waals surface area contributed by atoms with Gasteiger partial charge in [-0.15, -0.1) is 0 Å². The lowest BCUT2D eigenvalue weighted by Crippen LogP contribution is -2.57. The van der Waals surface area contributed by atoms with E-state index in [9.17, 15) is 62.4 Å². The summed E-state index contributed by atoms with van der Waals surface area (Å²) in [5, 5.41) is 56.1. The summed E-state index contributed by atoms with van der Waals surface area (Å²) in [5.41, 5.74) is -5.17. The van der Waals surface area contributed by atoms with Gasteiger partial charge < -0.3 is 49.8 Å². The quantitative estimate of drug-likeness (QED) is 0.0875. The summed E-state index contributed by atoms with van der Waals surface area (Å²) in [4.78, 5) is 75.9. The SMILES string of the molecule is COc1cccc2c1C(=O)c1c(O)c3c(c(O)c1C2=O)CC(O)(C(=O)COC(=O)CCCCC(=O)O)CC3O[C@H]1C[C@H](NC(=O)C(F)(F)F)[C@H](O)[C@H](C)O1. The molecule has 2 aliphatic carbocycles. The molecule has 0 saturated carbocycles. The van der Waals surface area contributed by atoms with Crippen LogP contribution in [0.15, 0.2) is 18.2 Å². The van der Waals surface area contributed by atoms with Crippen LogP contribution in [0.5, 0.6) is 17.2 Å². The number of carbonyl (C=O) groups is 6. The number of rotatable bonds is 12. The maximum atomic E-state index is 13.9. The number of hydrogen-bond acceptors (Lipinski definition) is 14. The first-order valence-corrected chi connectivity index (χ1v) is 16.7. The van der Waals surface area contributed by atoms with Crippen LogP contribution < -0.4 is 10.1 Å². The van der Waals surface area contributed by atoms with Crippen molar-refractivity contribution in [2.24, 2.45) is 0 Å². The maximum Gasteiger partial charge on any atom is 0.471 e. The van der Waals surface area contributed by atoms with E-state index in [1.54, 1.807) is 5.32 Å². The minimum Gasteiger partial charge on any atom is -0.507 e. The van der Waals surface area contributed by atoms with Crippen molar-refractivity contribution in [2.75, 3.05) is 13.7 Å². The molecular weight excluding hydrogens is 731 g/mol. The molecule has 1 amide bonds. The van der Waals surface area contributed by atoms with Crippen LogP contribution in [0, 0.1) is 0 Å². The molecule has 2 aromatic carbocycles. The van der Waals surface area contributed by atoms with Gasteiger partial charge in [0.25, 0.3) is 0 Å². The summed E-state index contributed by atoms with van der Waals surface area (Å²) in [5.74, 6) is -9.20. The van der Waals surface area contributed by atoms with E-state index in [4.69, 9.17) is 24.1 Å². The third-order valence-electron chi connectivity index (χ3n) is 9.58. The van der Waals surface area contributed by atoms with Gasteiger partial charge in [-0.2, -0.15) is 13.2 Å². The second-order valence-electron chi connectivity index (χ2n) is 13.2. The number of Topliss-reactive ketones (excluding diaryl/α,β-unsaturated/α-hetero) is 1. The number of alkyl halides is 3. The van der Waals surface area contributed by atoms with E-state index >= 15 is 0 Å². The number of nitrogens with one attached hydrogen (secondary N) is 1. The van der Waals surface area contributed by atoms with Crippen molar-refractivity contribution < 1.29 is 86.4 Å². The Kier molecular flexibility index (Phi) is 11.4. The number of halogens is 3. The Morgan fingerprint density at radius 2 is 1.69 bits per heavy atom. The summed E-state index contributed by atoms with van der Waals surface area (Å²) in [7, 11) is 1.23. The van der Waals surface area contributed by atoms with Crippen LogP contribution in [0.1, 0.15) is 94.5 Å². The molecule has 292 valence electrons. The summed E-state index contributed by atoms with van der Waals surface area (Å²) in [6, 6.07) is 2.47. The topological polar surface area (TPSA) is 253 Å². The molecule has 6 atom stereocenters. The first-order valence-electron chi connectivity index (χ1n) is 16.7. The fourth-order valence-corrected chi connectivity index (χ4v) is 6.86. The van der Waals surface area contributed by atoms with E-state index in [-0.39, 0.29) is 42.6 Å². The van der Waals surface area contributed by atoms with Gasteiger partial charge in [-0.1, -0.05) is 12.1 Å². The Bertz CT molecular complexity index is 1900. The van der Waals surface area contributed by atoms with Gasteiger partial charge in [0.1, 0.15) is 29.0 Å². The fraction of sp³-hybridized carbons (Fsp3) is 0.486. The monoisotopic (exact) mass is 767 g/mol. The number of carboxylic acids is 1. The largest absolute Gasteiger partial charge is 0.507 e. The normalized spacial score (nSPS) is 24.8. The van der Waals surface area contributed by atoms with Crippen LogP contribution in [0.3, 0.4) is 0 Å². The average Bonchev–Trinajstić information content (AvgIpc) is 3.10. The Balaban J connectivity index is 1.53. The Morgan fingerprint density at radius 3 is 2.33 bits per heavy atom. The minimum atomic E-state index is -5.31. The van der Waals surface area contributed by atoms with Crippen molar-refractivity contribution in [3.05, 3.63) is 51.6 Å². The molecule has 0 radical (unpaired) electrons. The van der Waals surface area contributed by atoms with Gasteiger partial charge in [-0.05, 0) is 25.8 Å². The van der Waals surface area contributed by atoms with Crippen molar-refractivity contribution in [1.82, 2.24) is 5.32 Å². The number of phenols is 2. The van der Waals surface area contributed by atoms with Crippen LogP contribution in [0.2, 0.25) is 0 Å². The van der Waals surface area contributed by atoms with Crippen molar-refractivity contribution >= 4 is 35.2 Å². The highest BCUT2D eigenvalue weighted by molar-refractivity contribution is 6.31. The molecular formula is C35H36F3NO15. The highest BCUT2D eigenvalue weighted by atomic mass is 19.4. The molecule has 5 rings (SSSR count). The zero-order valence-corrected chi connectivity index (χ0v) is 28.7. The number of aromatic hydroxyl groups is 2. The second kappa shape index (κ2) is 15.3. The number of ketones is 3. The third-order valence-corrected chi connectivity index (χ3v) is 9.58. The summed E-state index contributed by atoms with van der Waals surface area (Å²) in [6.45, 7) is 0.236. The number of methoxy groups -OCH3 is 1. The lowest BCUT2D eigenvalue weighted by Gasteiger charge is -2.43. The molecule has 3 aliphatic rings. The zero-order valence-electron chi connectivity index (χ0n) is 28.7. The summed E-state index contributed by atoms with van der Waals surface area (Å²) < 4.78 is 61.1. The zero-order chi connectivity index (χ0) is 39.9. The number of aliphatic hydroxyl groups is 2. The Hall–Kier alpha value is -5.11. The number of esters is 1. The summed E-state index contributed by atoms with van der Waals surface area (Å²) >= 11 is 0. The Labute approximate surface area is 303 Å². The van der Waals surface area contributed by atoms with Crippen LogP contribution in [0.25, 0.3) is 0 Å². The number of phenolic OH excluding ortho intramolecular Hbond substituents is 2. The predicted octanol–water partition coefficient (Wildman–Crippen LogP) is 1.92. The van der Waals surface area contributed by atoms with Gasteiger partial charge in [0.2, 0.25) is 11.6 Å². The number of amides is 1. The van der Waals surface area contributed by atoms with E-state index in [0.717, 1.165) is 0 Å². The van der Waals surface area contributed by atoms with Gasteiger partial charge >= 0.3 is 24.0 Å². The summed E-state index contributed by atoms with van der Waals surface area (Å²) in [6.07, 6.45) is -14.0. The lowest BCUT2D eigenvalue weighted by atomic mass is 9.72. The predicted molar refractivity (Wildman–Crippen MR) is 172 cm³/mol. The average molecular weight is 768 g/mol. The molecule has 1 heterocycles. The molecule has 1 aliphatic heterocycles. The number of aliphatic hydroxyl groups excluding tert-OH is 1. The first kappa shape index (κ1) is 40.1. The molecule has 16 nitrogen and oxygen atoms in total. The first-order chi connectivity index (χ1) is 25.3. The van der Waals surface area contributed by atoms with E-state index < -0.39 is 137 Å². The van der Waals surface area contributed by atoms with E-state index in [1.807, 2.05) is 0 Å². The fourth-order valence-electron chi connectivity index (χ4n) is 6.86. The smallest absolute Gasteiger partial charge is 0.471 e. The van der Waals surface area contributed by atoms with Gasteiger partial charge in [0.05, 0.1) is 42.0 Å². The number of fused-ring (bicyclic) bond motifs is 3. The number of carbonyl (C=O) groups excluding carboxylic acids is 5. The van der Waals surface area contributed by atoms with E-state index in [2.05, 4.69) is 0 Å². The van der Waals surface area contributed by atoms with Gasteiger partial charge in [-0.25, -0.2) is 0 Å². The highest BCUT2D eigenvalue weighted by Crippen LogP contribution is 2.52. The van der Waals surface area contributed by atoms with Crippen LogP contribution >= 0.6 is 0 Å². The van der Waals surface area contributed by atoms with Crippen LogP contribution in [-0.2, 0) is 39.8 Å². The number of ether oxygens (including phenoxy) is 4. The Morgan fingerprint density at radius 1 is 1.02 bits per heavy atom. The maximum absolute atomic E-state index is 13.9.